The van der Waals surface area contributed by atoms with Gasteiger partial charge >= 0.3 is 6.09 Å². The van der Waals surface area contributed by atoms with E-state index in [-0.39, 0.29) is 11.7 Å². The zero-order valence-electron chi connectivity index (χ0n) is 9.77. The molecule has 0 radical (unpaired) electrons. The molecule has 2 aliphatic rings. The van der Waals surface area contributed by atoms with Crippen LogP contribution in [0.3, 0.4) is 0 Å². The molecular weight excluding hydrogens is 226 g/mol. The predicted octanol–water partition coefficient (Wildman–Crippen LogP) is 0.407. The van der Waals surface area contributed by atoms with Gasteiger partial charge in [-0.2, -0.15) is 0 Å². The first kappa shape index (κ1) is 12.3. The number of ketones is 1. The Kier molecular flexibility index (Phi) is 3.35. The Morgan fingerprint density at radius 1 is 1.59 bits per heavy atom. The van der Waals surface area contributed by atoms with Gasteiger partial charge in [0.1, 0.15) is 5.60 Å². The Morgan fingerprint density at radius 2 is 2.29 bits per heavy atom. The molecule has 6 nitrogen and oxygen atoms in total. The van der Waals surface area contributed by atoms with E-state index >= 15 is 0 Å². The number of carboxylic acid groups (broad SMARTS) is 1. The van der Waals surface area contributed by atoms with Crippen molar-refractivity contribution >= 4 is 11.9 Å². The van der Waals surface area contributed by atoms with Gasteiger partial charge in [-0.3, -0.25) is 4.79 Å². The van der Waals surface area contributed by atoms with Crippen LogP contribution in [0.5, 0.6) is 0 Å². The molecule has 0 unspecified atom stereocenters. The SMILES string of the molecule is C[C@]1(C(=O)[C@H](C[C@@H]2CCOC2)NC(=O)O)CO1. The Balaban J connectivity index is 1.96. The van der Waals surface area contributed by atoms with Crippen molar-refractivity contribution in [3.8, 4) is 0 Å². The van der Waals surface area contributed by atoms with E-state index in [2.05, 4.69) is 5.32 Å². The molecule has 0 aromatic rings. The monoisotopic (exact) mass is 243 g/mol. The van der Waals surface area contributed by atoms with Crippen molar-refractivity contribution in [2.75, 3.05) is 19.8 Å². The molecule has 2 N–H and O–H groups in total. The van der Waals surface area contributed by atoms with Gasteiger partial charge in [-0.25, -0.2) is 4.79 Å². The molecule has 0 saturated carbocycles. The fourth-order valence-electron chi connectivity index (χ4n) is 2.10. The van der Waals surface area contributed by atoms with Gasteiger partial charge in [0, 0.05) is 13.2 Å². The van der Waals surface area contributed by atoms with Gasteiger partial charge in [-0.15, -0.1) is 0 Å². The van der Waals surface area contributed by atoms with Gasteiger partial charge in [-0.05, 0) is 25.7 Å². The highest BCUT2D eigenvalue weighted by atomic mass is 16.6. The van der Waals surface area contributed by atoms with E-state index in [1.807, 2.05) is 0 Å². The normalized spacial score (nSPS) is 33.1. The summed E-state index contributed by atoms with van der Waals surface area (Å²) in [6.07, 6.45) is 0.193. The van der Waals surface area contributed by atoms with E-state index in [9.17, 15) is 9.59 Å². The molecular formula is C11H17NO5. The Bertz CT molecular complexity index is 320. The number of carbonyl (C=O) groups is 2. The smallest absolute Gasteiger partial charge is 0.405 e. The summed E-state index contributed by atoms with van der Waals surface area (Å²) in [5, 5.41) is 11.0. The van der Waals surface area contributed by atoms with Crippen LogP contribution in [-0.4, -0.2) is 48.4 Å². The third kappa shape index (κ3) is 2.95. The molecule has 1 amide bonds. The first-order valence-corrected chi connectivity index (χ1v) is 5.77. The van der Waals surface area contributed by atoms with E-state index in [1.54, 1.807) is 6.92 Å². The molecule has 2 fully saturated rings. The molecule has 3 atom stereocenters. The first-order valence-electron chi connectivity index (χ1n) is 5.77. The van der Waals surface area contributed by atoms with Gasteiger partial charge in [0.25, 0.3) is 0 Å². The molecule has 0 aromatic carbocycles. The molecule has 2 heterocycles. The topological polar surface area (TPSA) is 88.2 Å². The van der Waals surface area contributed by atoms with Crippen LogP contribution in [0.4, 0.5) is 4.79 Å². The van der Waals surface area contributed by atoms with E-state index in [1.165, 1.54) is 0 Å². The van der Waals surface area contributed by atoms with Gasteiger partial charge in [0.15, 0.2) is 5.78 Å². The van der Waals surface area contributed by atoms with Crippen molar-refractivity contribution < 1.29 is 24.2 Å². The highest BCUT2D eigenvalue weighted by molar-refractivity contribution is 5.95. The maximum absolute atomic E-state index is 12.1. The molecule has 0 spiro atoms. The molecule has 0 aromatic heterocycles. The van der Waals surface area contributed by atoms with Crippen molar-refractivity contribution in [3.05, 3.63) is 0 Å². The lowest BCUT2D eigenvalue weighted by atomic mass is 9.91. The van der Waals surface area contributed by atoms with Gasteiger partial charge in [-0.1, -0.05) is 0 Å². The third-order valence-electron chi connectivity index (χ3n) is 3.31. The summed E-state index contributed by atoms with van der Waals surface area (Å²) in [4.78, 5) is 22.8. The summed E-state index contributed by atoms with van der Waals surface area (Å²) < 4.78 is 10.3. The summed E-state index contributed by atoms with van der Waals surface area (Å²) in [5.74, 6) is 0.0740. The van der Waals surface area contributed by atoms with E-state index in [4.69, 9.17) is 14.6 Å². The number of carbonyl (C=O) groups excluding carboxylic acids is 1. The van der Waals surface area contributed by atoms with Crippen molar-refractivity contribution in [1.82, 2.24) is 5.32 Å². The van der Waals surface area contributed by atoms with Gasteiger partial charge < -0.3 is 19.9 Å². The zero-order chi connectivity index (χ0) is 12.5. The number of rotatable bonds is 5. The van der Waals surface area contributed by atoms with Crippen LogP contribution in [0.2, 0.25) is 0 Å². The largest absolute Gasteiger partial charge is 0.465 e. The Labute approximate surface area is 99.3 Å². The minimum Gasteiger partial charge on any atom is -0.465 e. The fourth-order valence-corrected chi connectivity index (χ4v) is 2.10. The van der Waals surface area contributed by atoms with Gasteiger partial charge in [0.05, 0.1) is 12.6 Å². The highest BCUT2D eigenvalue weighted by Gasteiger charge is 2.50. The molecule has 17 heavy (non-hydrogen) atoms. The second kappa shape index (κ2) is 4.62. The number of hydrogen-bond acceptors (Lipinski definition) is 4. The maximum Gasteiger partial charge on any atom is 0.405 e. The standard InChI is InChI=1S/C11H17NO5/c1-11(6-17-11)9(13)8(12-10(14)15)4-7-2-3-16-5-7/h7-8,12H,2-6H2,1H3,(H,14,15)/t7-,8-,11+/m0/s1. The molecule has 2 aliphatic heterocycles. The third-order valence-corrected chi connectivity index (χ3v) is 3.31. The fraction of sp³-hybridized carbons (Fsp3) is 0.818. The molecule has 0 bridgehead atoms. The maximum atomic E-state index is 12.1. The Morgan fingerprint density at radius 3 is 2.76 bits per heavy atom. The van der Waals surface area contributed by atoms with Crippen molar-refractivity contribution in [1.29, 1.82) is 0 Å². The lowest BCUT2D eigenvalue weighted by Crippen LogP contribution is -2.46. The average molecular weight is 243 g/mol. The summed E-state index contributed by atoms with van der Waals surface area (Å²) >= 11 is 0. The quantitative estimate of drug-likeness (QED) is 0.683. The average Bonchev–Trinajstić information content (AvgIpc) is 2.80. The van der Waals surface area contributed by atoms with Crippen LogP contribution in [0, 0.1) is 5.92 Å². The van der Waals surface area contributed by atoms with Gasteiger partial charge in [0.2, 0.25) is 0 Å². The summed E-state index contributed by atoms with van der Waals surface area (Å²) in [7, 11) is 0. The molecule has 2 saturated heterocycles. The molecule has 6 heteroatoms. The Hall–Kier alpha value is -1.14. The van der Waals surface area contributed by atoms with Crippen LogP contribution in [0.1, 0.15) is 19.8 Å². The van der Waals surface area contributed by atoms with Crippen molar-refractivity contribution in [3.63, 3.8) is 0 Å². The second-order valence-corrected chi connectivity index (χ2v) is 4.85. The summed E-state index contributed by atoms with van der Waals surface area (Å²) in [6.45, 7) is 3.36. The van der Waals surface area contributed by atoms with Crippen LogP contribution in [0.25, 0.3) is 0 Å². The van der Waals surface area contributed by atoms with Crippen molar-refractivity contribution in [2.24, 2.45) is 5.92 Å². The number of nitrogens with one attached hydrogen (secondary N) is 1. The first-order chi connectivity index (χ1) is 8.01. The summed E-state index contributed by atoms with van der Waals surface area (Å²) in [6, 6.07) is -0.688. The van der Waals surface area contributed by atoms with Crippen LogP contribution in [-0.2, 0) is 14.3 Å². The second-order valence-electron chi connectivity index (χ2n) is 4.85. The summed E-state index contributed by atoms with van der Waals surface area (Å²) in [5.41, 5.74) is -0.785. The van der Waals surface area contributed by atoms with Crippen LogP contribution < -0.4 is 5.32 Å². The molecule has 96 valence electrons. The molecule has 2 rings (SSSR count). The van der Waals surface area contributed by atoms with E-state index in [0.29, 0.717) is 26.2 Å². The zero-order valence-corrected chi connectivity index (χ0v) is 9.77. The highest BCUT2D eigenvalue weighted by Crippen LogP contribution is 2.30. The minimum absolute atomic E-state index is 0.174. The van der Waals surface area contributed by atoms with E-state index in [0.717, 1.165) is 6.42 Å². The molecule has 0 aliphatic carbocycles. The number of epoxide rings is 1. The lowest BCUT2D eigenvalue weighted by Gasteiger charge is -2.20. The van der Waals surface area contributed by atoms with E-state index < -0.39 is 17.7 Å². The number of hydrogen-bond donors (Lipinski definition) is 2. The van der Waals surface area contributed by atoms with Crippen LogP contribution in [0.15, 0.2) is 0 Å². The number of Topliss-reactive ketones (excluding diaryl/α,β-unsaturated/α-hetero) is 1. The van der Waals surface area contributed by atoms with Crippen LogP contribution >= 0.6 is 0 Å². The predicted molar refractivity (Wildman–Crippen MR) is 57.9 cm³/mol. The number of amides is 1. The van der Waals surface area contributed by atoms with Crippen molar-refractivity contribution in [2.45, 2.75) is 31.4 Å². The number of ether oxygens (including phenoxy) is 2. The lowest BCUT2D eigenvalue weighted by molar-refractivity contribution is -0.125. The minimum atomic E-state index is -1.17.